The van der Waals surface area contributed by atoms with Crippen LogP contribution in [0.15, 0.2) is 48.6 Å². The maximum absolute atomic E-state index is 5.87. The summed E-state index contributed by atoms with van der Waals surface area (Å²) in [6.45, 7) is 29.5. The molecule has 0 unspecified atom stereocenters. The number of hydrogen-bond acceptors (Lipinski definition) is 1. The quantitative estimate of drug-likeness (QED) is 0.0676. The molecule has 36 heavy (non-hydrogen) atoms. The molecule has 1 rings (SSSR count). The molecule has 0 N–H and O–H groups in total. The van der Waals surface area contributed by atoms with E-state index in [0.29, 0.717) is 11.9 Å². The summed E-state index contributed by atoms with van der Waals surface area (Å²) in [5, 5.41) is 0. The first kappa shape index (κ1) is 47.5. The van der Waals surface area contributed by atoms with E-state index in [4.69, 9.17) is 61.2 Å². The van der Waals surface area contributed by atoms with Crippen molar-refractivity contribution in [1.29, 1.82) is 0 Å². The second-order valence-corrected chi connectivity index (χ2v) is 24.0. The minimum Gasteiger partial charge on any atom is -1.00 e. The molecule has 0 aromatic carbocycles. The van der Waals surface area contributed by atoms with Gasteiger partial charge in [-0.2, -0.15) is 0 Å². The minimum absolute atomic E-state index is 0. The van der Waals surface area contributed by atoms with Crippen molar-refractivity contribution in [2.75, 3.05) is 25.0 Å². The molecule has 0 atom stereocenters. The van der Waals surface area contributed by atoms with Gasteiger partial charge in [-0.05, 0) is 70.6 Å². The number of alkyl halides is 2. The molecule has 0 saturated carbocycles. The Bertz CT molecular complexity index is 527. The van der Waals surface area contributed by atoms with Crippen LogP contribution in [-0.2, 0) is 4.74 Å². The zero-order valence-electron chi connectivity index (χ0n) is 23.1. The van der Waals surface area contributed by atoms with Crippen LogP contribution in [0, 0.1) is 6.92 Å². The van der Waals surface area contributed by atoms with E-state index in [9.17, 15) is 0 Å². The molecule has 0 bridgehead atoms. The summed E-state index contributed by atoms with van der Waals surface area (Å²) in [5.74, 6) is 1.35. The van der Waals surface area contributed by atoms with E-state index in [-0.39, 0.29) is 35.5 Å². The zero-order valence-corrected chi connectivity index (χ0v) is 31.1. The Kier molecular flexibility index (Phi) is 39.2. The maximum atomic E-state index is 5.87. The molecule has 0 aromatic heterocycles. The first-order chi connectivity index (χ1) is 15.6. The summed E-state index contributed by atoms with van der Waals surface area (Å²) in [6, 6.07) is 3.14. The summed E-state index contributed by atoms with van der Waals surface area (Å²) in [6.07, 6.45) is 4.48. The summed E-state index contributed by atoms with van der Waals surface area (Å²) < 4.78 is 4.94. The first-order valence-corrected chi connectivity index (χ1v) is 20.9. The van der Waals surface area contributed by atoms with Crippen molar-refractivity contribution in [2.24, 2.45) is 0 Å². The topological polar surface area (TPSA) is 9.23 Å². The van der Waals surface area contributed by atoms with Crippen molar-refractivity contribution in [1.82, 2.24) is 0 Å². The molecular weight excluding hydrogens is 621 g/mol. The summed E-state index contributed by atoms with van der Waals surface area (Å²) in [4.78, 5) is 0. The third-order valence-corrected chi connectivity index (χ3v) is 12.9. The Morgan fingerprint density at radius 2 is 1.06 bits per heavy atom. The van der Waals surface area contributed by atoms with Crippen LogP contribution in [-0.4, -0.2) is 62.1 Å². The monoisotopic (exact) mass is 666 g/mol. The number of halogens is 6. The molecule has 0 spiro atoms. The molecule has 1 nitrogen and oxygen atoms in total. The average molecular weight is 670 g/mol. The fraction of sp³-hybridized carbons (Fsp3) is 0.654. The predicted molar refractivity (Wildman–Crippen MR) is 174 cm³/mol. The van der Waals surface area contributed by atoms with Crippen LogP contribution in [0.1, 0.15) is 53.4 Å². The molecule has 0 aromatic rings. The third kappa shape index (κ3) is 42.8. The Morgan fingerprint density at radius 3 is 1.22 bits per heavy atom. The molecule has 1 aliphatic rings. The van der Waals surface area contributed by atoms with E-state index in [1.165, 1.54) is 53.7 Å². The molecule has 10 heteroatoms. The normalized spacial score (nSPS) is 12.0. The van der Waals surface area contributed by atoms with Gasteiger partial charge in [0.25, 0.3) is 0 Å². The van der Waals surface area contributed by atoms with Gasteiger partial charge in [0.05, 0.1) is 8.07 Å². The van der Waals surface area contributed by atoms with Crippen molar-refractivity contribution < 1.29 is 17.1 Å². The standard InChI is InChI=1S/C15H27ClSi.C4H8O.C4H7.C3H6Cl4Si.ClH.Mg/c1-13(2)10-17(9-7-8-16,11-14(3)4)12-15(5)6;1-2-4-5-3-1;1-4(2)3;4-2-1-3-8(5,6)7;;/h1,3,5,7-12H2,2,4,6H3;1-4H2;1-2H2,3H3;1-3H2;1H;/q;;-1;;;+2/p-1. The van der Waals surface area contributed by atoms with E-state index in [1.54, 1.807) is 0 Å². The summed E-state index contributed by atoms with van der Waals surface area (Å²) in [5.41, 5.74) is 4.82. The van der Waals surface area contributed by atoms with Crippen molar-refractivity contribution in [3.8, 4) is 0 Å². The Labute approximate surface area is 272 Å². The van der Waals surface area contributed by atoms with E-state index in [2.05, 4.69) is 54.0 Å². The van der Waals surface area contributed by atoms with Crippen molar-refractivity contribution in [3.05, 3.63) is 55.5 Å². The fourth-order valence-electron chi connectivity index (χ4n) is 3.59. The van der Waals surface area contributed by atoms with Crippen molar-refractivity contribution in [2.45, 2.75) is 83.6 Å². The smallest absolute Gasteiger partial charge is 1.00 e. The van der Waals surface area contributed by atoms with E-state index in [1.807, 2.05) is 6.92 Å². The third-order valence-electron chi connectivity index (χ3n) is 4.29. The number of rotatable bonds is 12. The average Bonchev–Trinajstić information content (AvgIpc) is 3.22. The molecule has 1 heterocycles. The van der Waals surface area contributed by atoms with Gasteiger partial charge in [-0.1, -0.05) is 29.7 Å². The van der Waals surface area contributed by atoms with Crippen molar-refractivity contribution in [3.63, 3.8) is 0 Å². The van der Waals surface area contributed by atoms with Crippen LogP contribution >= 0.6 is 56.4 Å². The Morgan fingerprint density at radius 1 is 0.750 bits per heavy atom. The van der Waals surface area contributed by atoms with Crippen LogP contribution in [0.4, 0.5) is 0 Å². The molecule has 0 amide bonds. The van der Waals surface area contributed by atoms with Gasteiger partial charge in [0.15, 0.2) is 0 Å². The van der Waals surface area contributed by atoms with Gasteiger partial charge in [0, 0.05) is 25.0 Å². The molecule has 1 fully saturated rings. The zero-order chi connectivity index (χ0) is 27.2. The van der Waals surface area contributed by atoms with Crippen molar-refractivity contribution >= 4 is 93.6 Å². The minimum atomic E-state index is -2.35. The van der Waals surface area contributed by atoms with E-state index in [0.717, 1.165) is 37.5 Å². The van der Waals surface area contributed by atoms with Gasteiger partial charge in [-0.3, -0.25) is 0 Å². The van der Waals surface area contributed by atoms with Gasteiger partial charge in [-0.25, -0.2) is 19.1 Å². The van der Waals surface area contributed by atoms with Gasteiger partial charge in [0.2, 0.25) is 0 Å². The Balaban J connectivity index is -0.000000139. The second kappa shape index (κ2) is 29.7. The molecular formula is C26H48Cl6MgOSi2. The molecule has 1 saturated heterocycles. The van der Waals surface area contributed by atoms with Crippen LogP contribution in [0.5, 0.6) is 0 Å². The van der Waals surface area contributed by atoms with E-state index >= 15 is 0 Å². The summed E-state index contributed by atoms with van der Waals surface area (Å²) >= 11 is 27.8. The summed E-state index contributed by atoms with van der Waals surface area (Å²) in [7, 11) is -1.39. The Hall–Kier alpha value is 1.73. The SMILES string of the molecule is C1CCOC1.C=C(C)C[Si](CCCCl)(CC(=C)C)CC(=C)C.C=C([CH2-])C.ClCCC[Si](Cl)(Cl)Cl.[Cl-].[Mg+2]. The van der Waals surface area contributed by atoms with E-state index < -0.39 is 14.1 Å². The van der Waals surface area contributed by atoms with Crippen LogP contribution in [0.25, 0.3) is 0 Å². The number of ether oxygens (including phenoxy) is 1. The number of hydrogen-bond donors (Lipinski definition) is 0. The fourth-order valence-corrected chi connectivity index (χ4v) is 11.8. The first-order valence-electron chi connectivity index (χ1n) is 11.8. The predicted octanol–water partition coefficient (Wildman–Crippen LogP) is 7.88. The second-order valence-electron chi connectivity index (χ2n) is 9.38. The van der Waals surface area contributed by atoms with Crippen LogP contribution in [0.3, 0.4) is 0 Å². The van der Waals surface area contributed by atoms with Crippen LogP contribution < -0.4 is 12.4 Å². The van der Waals surface area contributed by atoms with Gasteiger partial charge < -0.3 is 17.1 Å². The molecule has 1 aliphatic heterocycles. The van der Waals surface area contributed by atoms with Gasteiger partial charge >= 0.3 is 29.1 Å². The molecule has 210 valence electrons. The maximum Gasteiger partial charge on any atom is 2.00 e. The van der Waals surface area contributed by atoms with Crippen LogP contribution in [0.2, 0.25) is 30.2 Å². The van der Waals surface area contributed by atoms with Gasteiger partial charge in [-0.15, -0.1) is 76.2 Å². The van der Waals surface area contributed by atoms with Gasteiger partial charge in [0.1, 0.15) is 0 Å². The number of allylic oxidation sites excluding steroid dienone is 4. The molecule has 0 radical (unpaired) electrons. The largest absolute Gasteiger partial charge is 2.00 e. The molecule has 0 aliphatic carbocycles.